The number of hydrogen-bond acceptors (Lipinski definition) is 5. The van der Waals surface area contributed by atoms with Gasteiger partial charge >= 0.3 is 0 Å². The van der Waals surface area contributed by atoms with Gasteiger partial charge in [-0.05, 0) is 24.8 Å². The second-order valence-electron chi connectivity index (χ2n) is 5.02. The molecule has 0 spiro atoms. The van der Waals surface area contributed by atoms with Gasteiger partial charge in [-0.3, -0.25) is 10.1 Å². The van der Waals surface area contributed by atoms with Gasteiger partial charge in [0, 0.05) is 18.2 Å². The Morgan fingerprint density at radius 3 is 2.75 bits per heavy atom. The number of nitro benzene ring substituents is 1. The zero-order chi connectivity index (χ0) is 14.9. The molecule has 0 aliphatic heterocycles. The summed E-state index contributed by atoms with van der Waals surface area (Å²) >= 11 is 0. The van der Waals surface area contributed by atoms with Crippen LogP contribution in [-0.4, -0.2) is 19.4 Å². The van der Waals surface area contributed by atoms with Crippen LogP contribution in [0.3, 0.4) is 0 Å². The zero-order valence-electron chi connectivity index (χ0n) is 11.1. The van der Waals surface area contributed by atoms with E-state index in [4.69, 9.17) is 5.14 Å². The number of rotatable bonds is 6. The summed E-state index contributed by atoms with van der Waals surface area (Å²) in [6.07, 6.45) is 3.05. The largest absolute Gasteiger partial charge is 0.381 e. The number of nitro groups is 1. The van der Waals surface area contributed by atoms with Gasteiger partial charge in [0.05, 0.1) is 10.6 Å². The summed E-state index contributed by atoms with van der Waals surface area (Å²) in [5.41, 5.74) is 0.0536. The lowest BCUT2D eigenvalue weighted by Crippen LogP contribution is -2.16. The molecule has 1 saturated carbocycles. The molecule has 0 aromatic heterocycles. The van der Waals surface area contributed by atoms with E-state index in [1.54, 1.807) is 0 Å². The third-order valence-corrected chi connectivity index (χ3v) is 4.37. The van der Waals surface area contributed by atoms with Crippen molar-refractivity contribution in [2.45, 2.75) is 37.1 Å². The van der Waals surface area contributed by atoms with Gasteiger partial charge < -0.3 is 5.32 Å². The highest BCUT2D eigenvalue weighted by Gasteiger charge is 2.37. The monoisotopic (exact) mass is 299 g/mol. The average molecular weight is 299 g/mol. The molecule has 1 aliphatic carbocycles. The molecule has 0 heterocycles. The fourth-order valence-corrected chi connectivity index (χ4v) is 2.99. The van der Waals surface area contributed by atoms with E-state index >= 15 is 0 Å². The normalized spacial score (nSPS) is 21.5. The molecule has 8 heteroatoms. The maximum atomic E-state index is 11.5. The molecule has 1 aromatic carbocycles. The molecule has 7 nitrogen and oxygen atoms in total. The maximum Gasteiger partial charge on any atom is 0.271 e. The number of nitrogens with two attached hydrogens (primary N) is 1. The SMILES string of the molecule is CCC[C@H]1C[C@@H]1Nc1cc([N+](=O)[O-])ccc1S(N)(=O)=O. The molecular weight excluding hydrogens is 282 g/mol. The van der Waals surface area contributed by atoms with Crippen LogP contribution in [-0.2, 0) is 10.0 Å². The topological polar surface area (TPSA) is 115 Å². The number of anilines is 1. The Morgan fingerprint density at radius 1 is 1.50 bits per heavy atom. The predicted molar refractivity (Wildman–Crippen MR) is 74.9 cm³/mol. The molecular formula is C12H17N3O4S. The van der Waals surface area contributed by atoms with E-state index in [1.807, 2.05) is 0 Å². The molecule has 0 bridgehead atoms. The van der Waals surface area contributed by atoms with Crippen LogP contribution in [0.2, 0.25) is 0 Å². The smallest absolute Gasteiger partial charge is 0.271 e. The third kappa shape index (κ3) is 3.26. The number of sulfonamides is 1. The molecule has 0 saturated heterocycles. The Bertz CT molecular complexity index is 630. The molecule has 1 fully saturated rings. The molecule has 1 aliphatic rings. The first-order chi connectivity index (χ1) is 9.32. The Kier molecular flexibility index (Phi) is 3.96. The minimum atomic E-state index is -3.91. The highest BCUT2D eigenvalue weighted by Crippen LogP contribution is 2.39. The number of nitrogens with zero attached hydrogens (tertiary/aromatic N) is 1. The third-order valence-electron chi connectivity index (χ3n) is 3.40. The van der Waals surface area contributed by atoms with E-state index in [1.165, 1.54) is 12.1 Å². The molecule has 2 atom stereocenters. The van der Waals surface area contributed by atoms with Gasteiger partial charge in [-0.25, -0.2) is 13.6 Å². The van der Waals surface area contributed by atoms with Crippen LogP contribution in [0.5, 0.6) is 0 Å². The number of primary sulfonamides is 1. The molecule has 3 N–H and O–H groups in total. The summed E-state index contributed by atoms with van der Waals surface area (Å²) in [4.78, 5) is 10.1. The van der Waals surface area contributed by atoms with Crippen molar-refractivity contribution in [3.8, 4) is 0 Å². The lowest BCUT2D eigenvalue weighted by molar-refractivity contribution is -0.384. The summed E-state index contributed by atoms with van der Waals surface area (Å²) in [6, 6.07) is 3.70. The van der Waals surface area contributed by atoms with E-state index in [0.717, 1.165) is 25.3 Å². The molecule has 1 aromatic rings. The van der Waals surface area contributed by atoms with Crippen molar-refractivity contribution in [1.82, 2.24) is 0 Å². The van der Waals surface area contributed by atoms with E-state index in [2.05, 4.69) is 12.2 Å². The molecule has 0 amide bonds. The molecule has 20 heavy (non-hydrogen) atoms. The van der Waals surface area contributed by atoms with Crippen molar-refractivity contribution in [2.24, 2.45) is 11.1 Å². The van der Waals surface area contributed by atoms with Gasteiger partial charge in [-0.15, -0.1) is 0 Å². The number of non-ortho nitro benzene ring substituents is 1. The maximum absolute atomic E-state index is 11.5. The lowest BCUT2D eigenvalue weighted by Gasteiger charge is -2.10. The van der Waals surface area contributed by atoms with Crippen molar-refractivity contribution in [3.63, 3.8) is 0 Å². The van der Waals surface area contributed by atoms with Crippen molar-refractivity contribution in [1.29, 1.82) is 0 Å². The van der Waals surface area contributed by atoms with Crippen LogP contribution in [0, 0.1) is 16.0 Å². The zero-order valence-corrected chi connectivity index (χ0v) is 11.9. The molecule has 110 valence electrons. The van der Waals surface area contributed by atoms with Gasteiger partial charge in [-0.2, -0.15) is 0 Å². The first-order valence-electron chi connectivity index (χ1n) is 6.40. The van der Waals surface area contributed by atoms with Crippen LogP contribution in [0.4, 0.5) is 11.4 Å². The molecule has 0 radical (unpaired) electrons. The van der Waals surface area contributed by atoms with Crippen LogP contribution < -0.4 is 10.5 Å². The van der Waals surface area contributed by atoms with Gasteiger partial charge in [0.1, 0.15) is 4.90 Å². The summed E-state index contributed by atoms with van der Waals surface area (Å²) in [5, 5.41) is 19.0. The van der Waals surface area contributed by atoms with Crippen LogP contribution in [0.25, 0.3) is 0 Å². The van der Waals surface area contributed by atoms with Crippen LogP contribution in [0.1, 0.15) is 26.2 Å². The van der Waals surface area contributed by atoms with Gasteiger partial charge in [-0.1, -0.05) is 13.3 Å². The number of nitrogens with one attached hydrogen (secondary N) is 1. The van der Waals surface area contributed by atoms with Gasteiger partial charge in [0.15, 0.2) is 0 Å². The first-order valence-corrected chi connectivity index (χ1v) is 7.95. The first kappa shape index (κ1) is 14.7. The molecule has 0 unspecified atom stereocenters. The summed E-state index contributed by atoms with van der Waals surface area (Å²) in [7, 11) is -3.91. The van der Waals surface area contributed by atoms with E-state index in [-0.39, 0.29) is 22.3 Å². The quantitative estimate of drug-likeness (QED) is 0.614. The van der Waals surface area contributed by atoms with Crippen LogP contribution >= 0.6 is 0 Å². The number of benzene rings is 1. The van der Waals surface area contributed by atoms with Crippen molar-refractivity contribution in [2.75, 3.05) is 5.32 Å². The van der Waals surface area contributed by atoms with Crippen molar-refractivity contribution < 1.29 is 13.3 Å². The van der Waals surface area contributed by atoms with Crippen molar-refractivity contribution >= 4 is 21.4 Å². The minimum Gasteiger partial charge on any atom is -0.381 e. The second kappa shape index (κ2) is 5.37. The van der Waals surface area contributed by atoms with Gasteiger partial charge in [0.2, 0.25) is 10.0 Å². The van der Waals surface area contributed by atoms with Crippen molar-refractivity contribution in [3.05, 3.63) is 28.3 Å². The summed E-state index contributed by atoms with van der Waals surface area (Å²) in [5.74, 6) is 0.493. The summed E-state index contributed by atoms with van der Waals surface area (Å²) in [6.45, 7) is 2.08. The van der Waals surface area contributed by atoms with Crippen LogP contribution in [0.15, 0.2) is 23.1 Å². The highest BCUT2D eigenvalue weighted by molar-refractivity contribution is 7.89. The average Bonchev–Trinajstić information content (AvgIpc) is 3.06. The van der Waals surface area contributed by atoms with E-state index in [9.17, 15) is 18.5 Å². The summed E-state index contributed by atoms with van der Waals surface area (Å²) < 4.78 is 23.0. The lowest BCUT2D eigenvalue weighted by atomic mass is 10.2. The fourth-order valence-electron chi connectivity index (χ4n) is 2.31. The Morgan fingerprint density at radius 2 is 2.20 bits per heavy atom. The fraction of sp³-hybridized carbons (Fsp3) is 0.500. The standard InChI is InChI=1S/C12H17N3O4S/c1-2-3-8-6-10(8)14-11-7-9(15(16)17)4-5-12(11)20(13,18)19/h4-5,7-8,10,14H,2-3,6H2,1H3,(H2,13,18,19)/t8-,10-/m0/s1. The van der Waals surface area contributed by atoms with E-state index in [0.29, 0.717) is 5.92 Å². The molecule has 2 rings (SSSR count). The Labute approximate surface area is 117 Å². The Hall–Kier alpha value is -1.67. The van der Waals surface area contributed by atoms with E-state index < -0.39 is 14.9 Å². The number of hydrogen-bond donors (Lipinski definition) is 2. The predicted octanol–water partition coefficient (Wildman–Crippen LogP) is 1.84. The second-order valence-corrected chi connectivity index (χ2v) is 6.55. The minimum absolute atomic E-state index is 0.106. The van der Waals surface area contributed by atoms with Gasteiger partial charge in [0.25, 0.3) is 5.69 Å². The Balaban J connectivity index is 2.28. The highest BCUT2D eigenvalue weighted by atomic mass is 32.2.